The van der Waals surface area contributed by atoms with Crippen LogP contribution >= 0.6 is 0 Å². The number of carbonyl (C=O) groups is 2. The third kappa shape index (κ3) is 2.56. The lowest BCUT2D eigenvalue weighted by Crippen LogP contribution is -2.16. The number of aliphatic carboxylic acids is 1. The normalized spacial score (nSPS) is 9.81. The third-order valence-corrected chi connectivity index (χ3v) is 1.72. The first-order valence-electron chi connectivity index (χ1n) is 3.96. The van der Waals surface area contributed by atoms with Gasteiger partial charge in [0.1, 0.15) is 6.20 Å². The predicted molar refractivity (Wildman–Crippen MR) is 47.2 cm³/mol. The summed E-state index contributed by atoms with van der Waals surface area (Å²) in [5, 5.41) is 18.8. The third-order valence-electron chi connectivity index (χ3n) is 1.72. The molecule has 1 heterocycles. The molecule has 84 valence electrons. The molecule has 0 radical (unpaired) electrons. The van der Waals surface area contributed by atoms with Crippen LogP contribution in [0.25, 0.3) is 0 Å². The molecule has 16 heavy (non-hydrogen) atoms. The summed E-state index contributed by atoms with van der Waals surface area (Å²) in [5.41, 5.74) is -0.902. The van der Waals surface area contributed by atoms with E-state index >= 15 is 0 Å². The molecule has 1 aromatic rings. The first kappa shape index (κ1) is 11.7. The summed E-state index contributed by atoms with van der Waals surface area (Å²) in [6, 6.07) is 0.666. The van der Waals surface area contributed by atoms with E-state index in [4.69, 9.17) is 5.11 Å². The molecule has 0 saturated carbocycles. The number of nitro groups is 1. The second kappa shape index (κ2) is 4.43. The summed E-state index contributed by atoms with van der Waals surface area (Å²) < 4.78 is 12.7. The number of carbonyl (C=O) groups excluding carboxylic acids is 1. The minimum absolute atomic E-state index is 0.315. The lowest BCUT2D eigenvalue weighted by molar-refractivity contribution is -0.385. The molecule has 0 fully saturated rings. The molecular weight excluding hydrogens is 223 g/mol. The Hall–Kier alpha value is -2.38. The minimum atomic E-state index is -1.73. The van der Waals surface area contributed by atoms with Crippen molar-refractivity contribution in [1.82, 2.24) is 4.98 Å². The fourth-order valence-corrected chi connectivity index (χ4v) is 1.02. The van der Waals surface area contributed by atoms with Crippen molar-refractivity contribution in [2.45, 2.75) is 6.42 Å². The van der Waals surface area contributed by atoms with Crippen molar-refractivity contribution < 1.29 is 24.0 Å². The number of ketones is 1. The topological polar surface area (TPSA) is 110 Å². The van der Waals surface area contributed by atoms with Gasteiger partial charge in [-0.15, -0.1) is 0 Å². The van der Waals surface area contributed by atoms with Gasteiger partial charge in [0.25, 0.3) is 5.69 Å². The lowest BCUT2D eigenvalue weighted by atomic mass is 10.1. The van der Waals surface area contributed by atoms with E-state index in [1.807, 2.05) is 0 Å². The van der Waals surface area contributed by atoms with Crippen LogP contribution in [0.15, 0.2) is 12.3 Å². The van der Waals surface area contributed by atoms with Crippen molar-refractivity contribution in [3.63, 3.8) is 0 Å². The maximum Gasteiger partial charge on any atom is 0.372 e. The quantitative estimate of drug-likeness (QED) is 0.344. The maximum absolute atomic E-state index is 12.7. The molecular formula is C8H5FN2O5. The average Bonchev–Trinajstić information content (AvgIpc) is 2.16. The van der Waals surface area contributed by atoms with E-state index < -0.39 is 34.7 Å². The highest BCUT2D eigenvalue weighted by Gasteiger charge is 2.21. The summed E-state index contributed by atoms with van der Waals surface area (Å²) in [7, 11) is 0. The summed E-state index contributed by atoms with van der Waals surface area (Å²) in [6.45, 7) is 0. The molecule has 0 unspecified atom stereocenters. The zero-order chi connectivity index (χ0) is 12.3. The number of hydrogen-bond acceptors (Lipinski definition) is 5. The van der Waals surface area contributed by atoms with Gasteiger partial charge < -0.3 is 5.11 Å². The van der Waals surface area contributed by atoms with E-state index in [9.17, 15) is 24.1 Å². The molecule has 0 aliphatic carbocycles. The van der Waals surface area contributed by atoms with E-state index in [0.29, 0.717) is 12.3 Å². The molecule has 8 heteroatoms. The summed E-state index contributed by atoms with van der Waals surface area (Å²) in [5.74, 6) is -4.00. The fourth-order valence-electron chi connectivity index (χ4n) is 1.02. The minimum Gasteiger partial charge on any atom is -0.475 e. The van der Waals surface area contributed by atoms with Crippen molar-refractivity contribution in [1.29, 1.82) is 0 Å². The molecule has 0 aliphatic rings. The highest BCUT2D eigenvalue weighted by molar-refractivity contribution is 6.33. The van der Waals surface area contributed by atoms with Crippen molar-refractivity contribution in [2.75, 3.05) is 0 Å². The number of pyridine rings is 1. The molecule has 1 aromatic heterocycles. The number of Topliss-reactive ketones (excluding diaryl/α,β-unsaturated/α-hetero) is 1. The molecule has 7 nitrogen and oxygen atoms in total. The molecule has 0 saturated heterocycles. The van der Waals surface area contributed by atoms with Gasteiger partial charge in [-0.05, 0) is 0 Å². The van der Waals surface area contributed by atoms with E-state index in [1.54, 1.807) is 0 Å². The van der Waals surface area contributed by atoms with Crippen molar-refractivity contribution in [3.05, 3.63) is 33.9 Å². The van der Waals surface area contributed by atoms with Gasteiger partial charge in [0.2, 0.25) is 11.7 Å². The van der Waals surface area contributed by atoms with Crippen LogP contribution in [0.1, 0.15) is 5.56 Å². The first-order valence-corrected chi connectivity index (χ1v) is 3.96. The van der Waals surface area contributed by atoms with Crippen LogP contribution in [0, 0.1) is 16.1 Å². The zero-order valence-corrected chi connectivity index (χ0v) is 7.71. The molecule has 0 aliphatic heterocycles. The number of carboxylic acid groups (broad SMARTS) is 1. The Bertz CT molecular complexity index is 473. The SMILES string of the molecule is O=C(O)C(=O)Cc1cc(F)ncc1[N+](=O)[O-]. The number of nitrogens with zero attached hydrogens (tertiary/aromatic N) is 2. The Labute approximate surface area is 87.7 Å². The van der Waals surface area contributed by atoms with Gasteiger partial charge in [-0.25, -0.2) is 9.78 Å². The summed E-state index contributed by atoms with van der Waals surface area (Å²) >= 11 is 0. The van der Waals surface area contributed by atoms with Crippen molar-refractivity contribution in [3.8, 4) is 0 Å². The summed E-state index contributed by atoms with van der Waals surface area (Å²) in [4.78, 5) is 33.7. The largest absolute Gasteiger partial charge is 0.475 e. The van der Waals surface area contributed by atoms with Crippen LogP contribution in [-0.4, -0.2) is 26.8 Å². The van der Waals surface area contributed by atoms with E-state index in [1.165, 1.54) is 0 Å². The number of halogens is 1. The number of aromatic nitrogens is 1. The van der Waals surface area contributed by atoms with E-state index in [-0.39, 0.29) is 5.56 Å². The Balaban J connectivity index is 3.10. The fraction of sp³-hybridized carbons (Fsp3) is 0.125. The predicted octanol–water partition coefficient (Wildman–Crippen LogP) is 0.325. The molecule has 0 spiro atoms. The summed E-state index contributed by atoms with van der Waals surface area (Å²) in [6.07, 6.45) is -0.106. The first-order chi connectivity index (χ1) is 7.41. The van der Waals surface area contributed by atoms with Crippen LogP contribution in [0.5, 0.6) is 0 Å². The van der Waals surface area contributed by atoms with Crippen LogP contribution < -0.4 is 0 Å². The zero-order valence-electron chi connectivity index (χ0n) is 7.71. The monoisotopic (exact) mass is 228 g/mol. The Morgan fingerprint density at radius 1 is 1.56 bits per heavy atom. The molecule has 0 amide bonds. The van der Waals surface area contributed by atoms with Crippen LogP contribution in [0.4, 0.5) is 10.1 Å². The Morgan fingerprint density at radius 3 is 2.69 bits per heavy atom. The van der Waals surface area contributed by atoms with Crippen LogP contribution in [0.3, 0.4) is 0 Å². The van der Waals surface area contributed by atoms with Gasteiger partial charge in [0.05, 0.1) is 11.3 Å². The Kier molecular flexibility index (Phi) is 3.24. The van der Waals surface area contributed by atoms with Gasteiger partial charge >= 0.3 is 5.97 Å². The molecule has 0 atom stereocenters. The number of carboxylic acids is 1. The van der Waals surface area contributed by atoms with Crippen LogP contribution in [0.2, 0.25) is 0 Å². The van der Waals surface area contributed by atoms with Gasteiger partial charge in [0.15, 0.2) is 0 Å². The molecule has 1 N–H and O–H groups in total. The van der Waals surface area contributed by atoms with E-state index in [2.05, 4.69) is 4.98 Å². The van der Waals surface area contributed by atoms with Crippen molar-refractivity contribution >= 4 is 17.4 Å². The van der Waals surface area contributed by atoms with Gasteiger partial charge in [-0.3, -0.25) is 14.9 Å². The van der Waals surface area contributed by atoms with Crippen molar-refractivity contribution in [2.24, 2.45) is 0 Å². The highest BCUT2D eigenvalue weighted by Crippen LogP contribution is 2.18. The number of rotatable bonds is 4. The van der Waals surface area contributed by atoms with Gasteiger partial charge in [0, 0.05) is 11.6 Å². The second-order valence-electron chi connectivity index (χ2n) is 2.80. The van der Waals surface area contributed by atoms with E-state index in [0.717, 1.165) is 0 Å². The van der Waals surface area contributed by atoms with Gasteiger partial charge in [-0.1, -0.05) is 0 Å². The lowest BCUT2D eigenvalue weighted by Gasteiger charge is -1.99. The standard InChI is InChI=1S/C8H5FN2O5/c9-7-2-4(1-6(12)8(13)14)5(3-10-7)11(15)16/h2-3H,1H2,(H,13,14). The smallest absolute Gasteiger partial charge is 0.372 e. The second-order valence-corrected chi connectivity index (χ2v) is 2.80. The van der Waals surface area contributed by atoms with Gasteiger partial charge in [-0.2, -0.15) is 4.39 Å². The number of hydrogen-bond donors (Lipinski definition) is 1. The maximum atomic E-state index is 12.7. The average molecular weight is 228 g/mol. The molecule has 0 aromatic carbocycles. The molecule has 0 bridgehead atoms. The highest BCUT2D eigenvalue weighted by atomic mass is 19.1. The molecule has 1 rings (SSSR count). The Morgan fingerprint density at radius 2 is 2.19 bits per heavy atom. The van der Waals surface area contributed by atoms with Crippen LogP contribution in [-0.2, 0) is 16.0 Å².